The van der Waals surface area contributed by atoms with Crippen molar-refractivity contribution in [1.29, 1.82) is 0 Å². The third-order valence-corrected chi connectivity index (χ3v) is 2.75. The van der Waals surface area contributed by atoms with Crippen LogP contribution in [0.3, 0.4) is 0 Å². The molecule has 0 spiro atoms. The van der Waals surface area contributed by atoms with Gasteiger partial charge < -0.3 is 9.84 Å². The summed E-state index contributed by atoms with van der Waals surface area (Å²) in [6.45, 7) is 4.80. The van der Waals surface area contributed by atoms with Crippen molar-refractivity contribution >= 4 is 11.8 Å². The summed E-state index contributed by atoms with van der Waals surface area (Å²) in [6.07, 6.45) is 4.47. The number of carbonyl (C=O) groups is 2. The second-order valence-electron chi connectivity index (χ2n) is 5.28. The van der Waals surface area contributed by atoms with Gasteiger partial charge in [0.2, 0.25) is 0 Å². The first-order valence-corrected chi connectivity index (χ1v) is 7.14. The zero-order valence-corrected chi connectivity index (χ0v) is 12.5. The number of carboxylic acid groups (broad SMARTS) is 1. The maximum atomic E-state index is 11.9. The molecule has 0 aromatic heterocycles. The largest absolute Gasteiger partial charge is 0.493 e. The Bertz CT molecular complexity index is 486. The topological polar surface area (TPSA) is 63.6 Å². The molecule has 1 aromatic carbocycles. The van der Waals surface area contributed by atoms with Gasteiger partial charge in [-0.3, -0.25) is 9.59 Å². The van der Waals surface area contributed by atoms with Crippen molar-refractivity contribution in [3.8, 4) is 5.75 Å². The van der Waals surface area contributed by atoms with E-state index < -0.39 is 5.97 Å². The van der Waals surface area contributed by atoms with Crippen LogP contribution in [-0.2, 0) is 4.79 Å². The molecule has 0 bridgehead atoms. The molecule has 0 aliphatic heterocycles. The number of hydrogen-bond acceptors (Lipinski definition) is 3. The fourth-order valence-corrected chi connectivity index (χ4v) is 1.64. The normalized spacial score (nSPS) is 11.0. The van der Waals surface area contributed by atoms with E-state index in [4.69, 9.17) is 9.84 Å². The highest BCUT2D eigenvalue weighted by atomic mass is 16.5. The van der Waals surface area contributed by atoms with Crippen molar-refractivity contribution in [3.05, 3.63) is 42.0 Å². The molecule has 0 aliphatic rings. The van der Waals surface area contributed by atoms with Crippen molar-refractivity contribution in [1.82, 2.24) is 0 Å². The number of hydrogen-bond donors (Lipinski definition) is 1. The third kappa shape index (κ3) is 7.30. The van der Waals surface area contributed by atoms with E-state index in [1.807, 2.05) is 0 Å². The van der Waals surface area contributed by atoms with Crippen LogP contribution in [-0.4, -0.2) is 23.5 Å². The second-order valence-corrected chi connectivity index (χ2v) is 5.28. The van der Waals surface area contributed by atoms with E-state index in [2.05, 4.69) is 13.8 Å². The van der Waals surface area contributed by atoms with Crippen molar-refractivity contribution in [2.45, 2.75) is 33.1 Å². The zero-order chi connectivity index (χ0) is 15.7. The number of rotatable bonds is 9. The van der Waals surface area contributed by atoms with E-state index in [0.717, 1.165) is 5.75 Å². The lowest BCUT2D eigenvalue weighted by molar-refractivity contribution is -0.137. The molecule has 114 valence electrons. The summed E-state index contributed by atoms with van der Waals surface area (Å²) in [5.74, 6) is 0.318. The van der Waals surface area contributed by atoms with Crippen LogP contribution in [0.4, 0.5) is 0 Å². The first-order chi connectivity index (χ1) is 9.99. The van der Waals surface area contributed by atoms with Gasteiger partial charge in [0, 0.05) is 12.0 Å². The predicted octanol–water partition coefficient (Wildman–Crippen LogP) is 3.72. The van der Waals surface area contributed by atoms with Crippen LogP contribution < -0.4 is 4.74 Å². The molecule has 21 heavy (non-hydrogen) atoms. The van der Waals surface area contributed by atoms with E-state index in [0.29, 0.717) is 30.9 Å². The second kappa shape index (κ2) is 8.95. The Labute approximate surface area is 125 Å². The summed E-state index contributed by atoms with van der Waals surface area (Å²) in [7, 11) is 0. The first kappa shape index (κ1) is 17.0. The molecule has 0 atom stereocenters. The van der Waals surface area contributed by atoms with E-state index >= 15 is 0 Å². The Hall–Kier alpha value is -2.10. The molecule has 4 heteroatoms. The van der Waals surface area contributed by atoms with Crippen LogP contribution in [0.1, 0.15) is 43.5 Å². The number of carboxylic acids is 1. The van der Waals surface area contributed by atoms with Crippen LogP contribution in [0.5, 0.6) is 5.75 Å². The SMILES string of the molecule is CC(C)COc1ccc(C(=O)/C=C/CCCC(=O)O)cc1. The van der Waals surface area contributed by atoms with Crippen LogP contribution in [0.25, 0.3) is 0 Å². The minimum Gasteiger partial charge on any atom is -0.493 e. The summed E-state index contributed by atoms with van der Waals surface area (Å²) >= 11 is 0. The lowest BCUT2D eigenvalue weighted by Gasteiger charge is -2.08. The average molecular weight is 290 g/mol. The van der Waals surface area contributed by atoms with Gasteiger partial charge in [0.05, 0.1) is 6.61 Å². The number of aliphatic carboxylic acids is 1. The number of allylic oxidation sites excluding steroid dienone is 2. The standard InChI is InChI=1S/C17H22O4/c1-13(2)12-21-15-10-8-14(9-11-15)16(18)6-4-3-5-7-17(19)20/h4,6,8-11,13H,3,5,7,12H2,1-2H3,(H,19,20)/b6-4+. The fourth-order valence-electron chi connectivity index (χ4n) is 1.64. The Morgan fingerprint density at radius 1 is 1.24 bits per heavy atom. The Morgan fingerprint density at radius 2 is 1.90 bits per heavy atom. The lowest BCUT2D eigenvalue weighted by Crippen LogP contribution is -2.04. The van der Waals surface area contributed by atoms with Crippen LogP contribution >= 0.6 is 0 Å². The van der Waals surface area contributed by atoms with Gasteiger partial charge in [-0.1, -0.05) is 19.9 Å². The molecule has 1 N–H and O–H groups in total. The summed E-state index contributed by atoms with van der Waals surface area (Å²) in [5.41, 5.74) is 0.599. The van der Waals surface area contributed by atoms with Crippen LogP contribution in [0.15, 0.2) is 36.4 Å². The van der Waals surface area contributed by atoms with Gasteiger partial charge in [0.15, 0.2) is 5.78 Å². The summed E-state index contributed by atoms with van der Waals surface area (Å²) < 4.78 is 5.55. The van der Waals surface area contributed by atoms with Crippen LogP contribution in [0, 0.1) is 5.92 Å². The quantitative estimate of drug-likeness (QED) is 0.428. The maximum Gasteiger partial charge on any atom is 0.303 e. The van der Waals surface area contributed by atoms with Crippen molar-refractivity contribution < 1.29 is 19.4 Å². The highest BCUT2D eigenvalue weighted by Crippen LogP contribution is 2.14. The van der Waals surface area contributed by atoms with Gasteiger partial charge >= 0.3 is 5.97 Å². The molecular formula is C17H22O4. The lowest BCUT2D eigenvalue weighted by atomic mass is 10.1. The van der Waals surface area contributed by atoms with Crippen molar-refractivity contribution in [2.24, 2.45) is 5.92 Å². The minimum absolute atomic E-state index is 0.0827. The molecule has 1 aromatic rings. The molecule has 0 aliphatic carbocycles. The van der Waals surface area contributed by atoms with E-state index in [1.54, 1.807) is 30.3 Å². The molecule has 0 heterocycles. The van der Waals surface area contributed by atoms with Gasteiger partial charge in [0.25, 0.3) is 0 Å². The van der Waals surface area contributed by atoms with E-state index in [-0.39, 0.29) is 12.2 Å². The predicted molar refractivity (Wildman–Crippen MR) is 81.7 cm³/mol. The summed E-state index contributed by atoms with van der Waals surface area (Å²) in [6, 6.07) is 7.04. The fraction of sp³-hybridized carbons (Fsp3) is 0.412. The molecule has 1 rings (SSSR count). The minimum atomic E-state index is -0.813. The molecule has 0 saturated carbocycles. The van der Waals surface area contributed by atoms with Gasteiger partial charge in [-0.2, -0.15) is 0 Å². The highest BCUT2D eigenvalue weighted by Gasteiger charge is 2.03. The third-order valence-electron chi connectivity index (χ3n) is 2.75. The summed E-state index contributed by atoms with van der Waals surface area (Å²) in [5, 5.41) is 8.50. The zero-order valence-electron chi connectivity index (χ0n) is 12.5. The molecule has 0 amide bonds. The molecular weight excluding hydrogens is 268 g/mol. The maximum absolute atomic E-state index is 11.9. The van der Waals surface area contributed by atoms with Gasteiger partial charge in [-0.15, -0.1) is 0 Å². The smallest absolute Gasteiger partial charge is 0.303 e. The summed E-state index contributed by atoms with van der Waals surface area (Å²) in [4.78, 5) is 22.2. The molecule has 0 saturated heterocycles. The van der Waals surface area contributed by atoms with Crippen molar-refractivity contribution in [2.75, 3.05) is 6.61 Å². The van der Waals surface area contributed by atoms with E-state index in [9.17, 15) is 9.59 Å². The number of benzene rings is 1. The molecule has 0 unspecified atom stereocenters. The van der Waals surface area contributed by atoms with Crippen molar-refractivity contribution in [3.63, 3.8) is 0 Å². The molecule has 0 radical (unpaired) electrons. The number of ether oxygens (including phenoxy) is 1. The Morgan fingerprint density at radius 3 is 2.48 bits per heavy atom. The average Bonchev–Trinajstić information content (AvgIpc) is 2.44. The Kier molecular flexibility index (Phi) is 7.23. The Balaban J connectivity index is 2.43. The van der Waals surface area contributed by atoms with Gasteiger partial charge in [0.1, 0.15) is 5.75 Å². The molecule has 0 fully saturated rings. The molecule has 4 nitrogen and oxygen atoms in total. The number of carbonyl (C=O) groups excluding carboxylic acids is 1. The first-order valence-electron chi connectivity index (χ1n) is 7.14. The van der Waals surface area contributed by atoms with E-state index in [1.165, 1.54) is 6.08 Å². The number of ketones is 1. The van der Waals surface area contributed by atoms with Crippen LogP contribution in [0.2, 0.25) is 0 Å². The highest BCUT2D eigenvalue weighted by molar-refractivity contribution is 6.04. The monoisotopic (exact) mass is 290 g/mol. The van der Waals surface area contributed by atoms with Gasteiger partial charge in [-0.05, 0) is 49.1 Å². The van der Waals surface area contributed by atoms with Gasteiger partial charge in [-0.25, -0.2) is 0 Å². The number of unbranched alkanes of at least 4 members (excludes halogenated alkanes) is 1.